The van der Waals surface area contributed by atoms with Gasteiger partial charge in [0.1, 0.15) is 5.82 Å². The van der Waals surface area contributed by atoms with Gasteiger partial charge in [-0.1, -0.05) is 19.9 Å². The summed E-state index contributed by atoms with van der Waals surface area (Å²) in [5, 5.41) is 0. The van der Waals surface area contributed by atoms with E-state index >= 15 is 0 Å². The molecule has 1 aromatic carbocycles. The molecule has 7 heteroatoms. The van der Waals surface area contributed by atoms with Crippen LogP contribution < -0.4 is 5.73 Å². The molecule has 0 amide bonds. The minimum atomic E-state index is -3.80. The van der Waals surface area contributed by atoms with Crippen LogP contribution in [0.2, 0.25) is 0 Å². The van der Waals surface area contributed by atoms with E-state index in [-0.39, 0.29) is 36.1 Å². The maximum absolute atomic E-state index is 13.8. The highest BCUT2D eigenvalue weighted by Gasteiger charge is 2.28. The molecule has 5 nitrogen and oxygen atoms in total. The van der Waals surface area contributed by atoms with Crippen molar-refractivity contribution in [3.63, 3.8) is 0 Å². The maximum Gasteiger partial charge on any atom is 0.243 e. The van der Waals surface area contributed by atoms with Crippen LogP contribution in [0.1, 0.15) is 19.4 Å². The Bertz CT molecular complexity index is 561. The molecule has 21 heavy (non-hydrogen) atoms. The molecule has 1 aromatic rings. The molecule has 0 aliphatic rings. The minimum absolute atomic E-state index is 0.0173. The monoisotopic (exact) mass is 318 g/mol. The Morgan fingerprint density at radius 1 is 1.38 bits per heavy atom. The molecular formula is C14H23FN2O3S. The molecule has 0 spiro atoms. The van der Waals surface area contributed by atoms with Crippen LogP contribution in [-0.4, -0.2) is 39.5 Å². The van der Waals surface area contributed by atoms with Crippen molar-refractivity contribution in [2.75, 3.05) is 26.8 Å². The lowest BCUT2D eigenvalue weighted by Gasteiger charge is -2.24. The Hall–Kier alpha value is -1.02. The molecule has 0 radical (unpaired) electrons. The summed E-state index contributed by atoms with van der Waals surface area (Å²) in [6.45, 7) is 4.51. The molecule has 120 valence electrons. The predicted molar refractivity (Wildman–Crippen MR) is 79.8 cm³/mol. The summed E-state index contributed by atoms with van der Waals surface area (Å²) in [5.41, 5.74) is 5.52. The molecule has 0 aliphatic carbocycles. The fraction of sp³-hybridized carbons (Fsp3) is 0.571. The van der Waals surface area contributed by atoms with Crippen molar-refractivity contribution in [2.45, 2.75) is 25.3 Å². The Morgan fingerprint density at radius 3 is 2.57 bits per heavy atom. The van der Waals surface area contributed by atoms with E-state index < -0.39 is 15.8 Å². The van der Waals surface area contributed by atoms with E-state index in [0.717, 1.165) is 0 Å². The lowest BCUT2D eigenvalue weighted by molar-refractivity contribution is 0.175. The van der Waals surface area contributed by atoms with Gasteiger partial charge in [-0.15, -0.1) is 0 Å². The first-order valence-electron chi connectivity index (χ1n) is 6.81. The van der Waals surface area contributed by atoms with Gasteiger partial charge in [-0.2, -0.15) is 4.31 Å². The van der Waals surface area contributed by atoms with Crippen molar-refractivity contribution >= 4 is 10.0 Å². The van der Waals surface area contributed by atoms with Crippen LogP contribution in [0.25, 0.3) is 0 Å². The highest BCUT2D eigenvalue weighted by molar-refractivity contribution is 7.89. The highest BCUT2D eigenvalue weighted by atomic mass is 32.2. The molecule has 0 atom stereocenters. The zero-order valence-electron chi connectivity index (χ0n) is 12.7. The van der Waals surface area contributed by atoms with Gasteiger partial charge in [0.25, 0.3) is 0 Å². The van der Waals surface area contributed by atoms with E-state index in [2.05, 4.69) is 0 Å². The van der Waals surface area contributed by atoms with Crippen molar-refractivity contribution in [3.8, 4) is 0 Å². The van der Waals surface area contributed by atoms with E-state index in [9.17, 15) is 12.8 Å². The number of rotatable bonds is 8. The SMILES string of the molecule is COCCN(CC(C)C)S(=O)(=O)c1cccc(F)c1CN. The second-order valence-electron chi connectivity index (χ2n) is 5.17. The number of nitrogens with two attached hydrogens (primary N) is 1. The van der Waals surface area contributed by atoms with Crippen molar-refractivity contribution < 1.29 is 17.5 Å². The first-order chi connectivity index (χ1) is 9.84. The lowest BCUT2D eigenvalue weighted by Crippen LogP contribution is -2.37. The summed E-state index contributed by atoms with van der Waals surface area (Å²) in [6, 6.07) is 3.98. The van der Waals surface area contributed by atoms with Crippen LogP contribution in [0.3, 0.4) is 0 Å². The molecule has 0 aromatic heterocycles. The summed E-state index contributed by atoms with van der Waals surface area (Å²) in [4.78, 5) is -0.0678. The molecule has 0 saturated carbocycles. The van der Waals surface area contributed by atoms with Crippen LogP contribution in [0.15, 0.2) is 23.1 Å². The van der Waals surface area contributed by atoms with Crippen molar-refractivity contribution in [1.82, 2.24) is 4.31 Å². The number of hydrogen-bond donors (Lipinski definition) is 1. The summed E-state index contributed by atoms with van der Waals surface area (Å²) in [6.07, 6.45) is 0. The van der Waals surface area contributed by atoms with Crippen LogP contribution in [-0.2, 0) is 21.3 Å². The van der Waals surface area contributed by atoms with Gasteiger partial charge in [0, 0.05) is 32.3 Å². The quantitative estimate of drug-likeness (QED) is 0.790. The maximum atomic E-state index is 13.8. The van der Waals surface area contributed by atoms with Gasteiger partial charge in [-0.25, -0.2) is 12.8 Å². The number of hydrogen-bond acceptors (Lipinski definition) is 4. The molecule has 0 saturated heterocycles. The summed E-state index contributed by atoms with van der Waals surface area (Å²) in [5.74, 6) is -0.457. The number of nitrogens with zero attached hydrogens (tertiary/aromatic N) is 1. The molecule has 1 rings (SSSR count). The number of methoxy groups -OCH3 is 1. The molecule has 0 unspecified atom stereocenters. The van der Waals surface area contributed by atoms with Gasteiger partial charge in [-0.3, -0.25) is 0 Å². The molecule has 0 bridgehead atoms. The minimum Gasteiger partial charge on any atom is -0.383 e. The van der Waals surface area contributed by atoms with E-state index in [0.29, 0.717) is 6.54 Å². The Kier molecular flexibility index (Phi) is 6.73. The number of benzene rings is 1. The average molecular weight is 318 g/mol. The van der Waals surface area contributed by atoms with E-state index in [1.54, 1.807) is 0 Å². The molecular weight excluding hydrogens is 295 g/mol. The second-order valence-corrected chi connectivity index (χ2v) is 7.08. The average Bonchev–Trinajstić information content (AvgIpc) is 2.42. The fourth-order valence-corrected chi connectivity index (χ4v) is 3.86. The number of ether oxygens (including phenoxy) is 1. The third kappa shape index (κ3) is 4.47. The first kappa shape index (κ1) is 18.0. The fourth-order valence-electron chi connectivity index (χ4n) is 2.03. The van der Waals surface area contributed by atoms with Gasteiger partial charge in [0.15, 0.2) is 0 Å². The van der Waals surface area contributed by atoms with Crippen molar-refractivity contribution in [1.29, 1.82) is 0 Å². The summed E-state index contributed by atoms with van der Waals surface area (Å²) >= 11 is 0. The van der Waals surface area contributed by atoms with E-state index in [1.807, 2.05) is 13.8 Å². The topological polar surface area (TPSA) is 72.6 Å². The number of sulfonamides is 1. The van der Waals surface area contributed by atoms with Crippen LogP contribution >= 0.6 is 0 Å². The van der Waals surface area contributed by atoms with E-state index in [4.69, 9.17) is 10.5 Å². The first-order valence-corrected chi connectivity index (χ1v) is 8.25. The largest absolute Gasteiger partial charge is 0.383 e. The summed E-state index contributed by atoms with van der Waals surface area (Å²) in [7, 11) is -2.29. The molecule has 0 fully saturated rings. The van der Waals surface area contributed by atoms with Crippen LogP contribution in [0.4, 0.5) is 4.39 Å². The molecule has 2 N–H and O–H groups in total. The van der Waals surface area contributed by atoms with E-state index in [1.165, 1.54) is 29.6 Å². The Labute approximate surface area is 125 Å². The lowest BCUT2D eigenvalue weighted by atomic mass is 10.2. The van der Waals surface area contributed by atoms with Crippen LogP contribution in [0, 0.1) is 11.7 Å². The Morgan fingerprint density at radius 2 is 2.05 bits per heavy atom. The van der Waals surface area contributed by atoms with Gasteiger partial charge in [-0.05, 0) is 18.1 Å². The van der Waals surface area contributed by atoms with Crippen molar-refractivity contribution in [3.05, 3.63) is 29.6 Å². The smallest absolute Gasteiger partial charge is 0.243 e. The van der Waals surface area contributed by atoms with Crippen molar-refractivity contribution in [2.24, 2.45) is 11.7 Å². The number of halogens is 1. The third-order valence-corrected chi connectivity index (χ3v) is 4.96. The Balaban J connectivity index is 3.25. The van der Waals surface area contributed by atoms with Gasteiger partial charge >= 0.3 is 0 Å². The second kappa shape index (κ2) is 7.84. The highest BCUT2D eigenvalue weighted by Crippen LogP contribution is 2.23. The zero-order chi connectivity index (χ0) is 16.0. The third-order valence-electron chi connectivity index (χ3n) is 3.01. The summed E-state index contributed by atoms with van der Waals surface area (Å²) < 4.78 is 45.6. The molecule has 0 aliphatic heterocycles. The standard InChI is InChI=1S/C14H23FN2O3S/c1-11(2)10-17(7-8-20-3)21(18,19)14-6-4-5-13(15)12(14)9-16/h4-6,11H,7-10,16H2,1-3H3. The van der Waals surface area contributed by atoms with Gasteiger partial charge in [0.2, 0.25) is 10.0 Å². The predicted octanol–water partition coefficient (Wildman–Crippen LogP) is 1.58. The van der Waals surface area contributed by atoms with Crippen LogP contribution in [0.5, 0.6) is 0 Å². The zero-order valence-corrected chi connectivity index (χ0v) is 13.5. The molecule has 0 heterocycles. The normalized spacial score (nSPS) is 12.3. The van der Waals surface area contributed by atoms with Gasteiger partial charge in [0.05, 0.1) is 11.5 Å². The van der Waals surface area contributed by atoms with Gasteiger partial charge < -0.3 is 10.5 Å².